The van der Waals surface area contributed by atoms with Crippen LogP contribution in [0.1, 0.15) is 24.4 Å². The third-order valence-corrected chi connectivity index (χ3v) is 3.95. The van der Waals surface area contributed by atoms with Crippen molar-refractivity contribution in [2.24, 2.45) is 5.92 Å². The van der Waals surface area contributed by atoms with Gasteiger partial charge in [-0.2, -0.15) is 0 Å². The van der Waals surface area contributed by atoms with Crippen LogP contribution < -0.4 is 10.6 Å². The van der Waals surface area contributed by atoms with Gasteiger partial charge in [0.25, 0.3) is 0 Å². The molecule has 1 fully saturated rings. The van der Waals surface area contributed by atoms with Gasteiger partial charge in [-0.1, -0.05) is 30.3 Å². The Balaban J connectivity index is 1.91. The molecule has 0 saturated carbocycles. The van der Waals surface area contributed by atoms with Crippen LogP contribution >= 0.6 is 0 Å². The number of nitrogens with one attached hydrogen (secondary N) is 2. The van der Waals surface area contributed by atoms with E-state index < -0.39 is 0 Å². The van der Waals surface area contributed by atoms with Crippen molar-refractivity contribution in [3.05, 3.63) is 35.9 Å². The first-order chi connectivity index (χ1) is 9.68. The number of hydrogen-bond donors (Lipinski definition) is 2. The highest BCUT2D eigenvalue weighted by Crippen LogP contribution is 2.17. The van der Waals surface area contributed by atoms with Crippen LogP contribution in [0.5, 0.6) is 0 Å². The van der Waals surface area contributed by atoms with Crippen molar-refractivity contribution < 1.29 is 4.79 Å². The Morgan fingerprint density at radius 1 is 1.40 bits per heavy atom. The van der Waals surface area contributed by atoms with Gasteiger partial charge in [0.1, 0.15) is 0 Å². The smallest absolute Gasteiger partial charge is 0.224 e. The number of hydrogen-bond acceptors (Lipinski definition) is 3. The summed E-state index contributed by atoms with van der Waals surface area (Å²) in [6, 6.07) is 10.5. The zero-order valence-electron chi connectivity index (χ0n) is 12.4. The van der Waals surface area contributed by atoms with E-state index in [0.717, 1.165) is 25.9 Å². The maximum Gasteiger partial charge on any atom is 0.224 e. The topological polar surface area (TPSA) is 44.4 Å². The average Bonchev–Trinajstić information content (AvgIpc) is 2.49. The Morgan fingerprint density at radius 2 is 2.15 bits per heavy atom. The highest BCUT2D eigenvalue weighted by atomic mass is 16.1. The van der Waals surface area contributed by atoms with Crippen LogP contribution in [-0.4, -0.2) is 44.5 Å². The van der Waals surface area contributed by atoms with Gasteiger partial charge in [0.05, 0.1) is 12.0 Å². The van der Waals surface area contributed by atoms with E-state index in [1.807, 2.05) is 32.3 Å². The second-order valence-electron chi connectivity index (χ2n) is 5.68. The number of amides is 1. The molecule has 2 rings (SSSR count). The molecule has 4 heteroatoms. The fourth-order valence-electron chi connectivity index (χ4n) is 2.69. The first-order valence-electron chi connectivity index (χ1n) is 7.38. The van der Waals surface area contributed by atoms with E-state index >= 15 is 0 Å². The normalized spacial score (nSPS) is 20.6. The van der Waals surface area contributed by atoms with Crippen molar-refractivity contribution in [2.75, 3.05) is 33.7 Å². The Labute approximate surface area is 121 Å². The third-order valence-electron chi connectivity index (χ3n) is 3.95. The van der Waals surface area contributed by atoms with Gasteiger partial charge < -0.3 is 15.5 Å². The summed E-state index contributed by atoms with van der Waals surface area (Å²) in [5, 5.41) is 6.40. The van der Waals surface area contributed by atoms with Crippen LogP contribution in [0.4, 0.5) is 0 Å². The molecule has 4 nitrogen and oxygen atoms in total. The van der Waals surface area contributed by atoms with Crippen molar-refractivity contribution >= 4 is 5.91 Å². The van der Waals surface area contributed by atoms with Crippen molar-refractivity contribution in [1.82, 2.24) is 15.5 Å². The lowest BCUT2D eigenvalue weighted by Gasteiger charge is -2.27. The molecule has 1 aliphatic heterocycles. The summed E-state index contributed by atoms with van der Waals surface area (Å²) in [4.78, 5) is 14.3. The van der Waals surface area contributed by atoms with Crippen LogP contribution in [-0.2, 0) is 4.79 Å². The van der Waals surface area contributed by atoms with Gasteiger partial charge in [0.2, 0.25) is 5.91 Å². The van der Waals surface area contributed by atoms with E-state index in [1.54, 1.807) is 0 Å². The first-order valence-corrected chi connectivity index (χ1v) is 7.38. The molecule has 1 amide bonds. The summed E-state index contributed by atoms with van der Waals surface area (Å²) >= 11 is 0. The zero-order chi connectivity index (χ0) is 14.4. The second-order valence-corrected chi connectivity index (χ2v) is 5.68. The van der Waals surface area contributed by atoms with Crippen LogP contribution in [0, 0.1) is 5.92 Å². The number of likely N-dealkylation sites (N-methyl/N-ethyl adjacent to an activating group) is 1. The van der Waals surface area contributed by atoms with Crippen LogP contribution in [0.2, 0.25) is 0 Å². The number of rotatable bonds is 5. The van der Waals surface area contributed by atoms with Gasteiger partial charge in [-0.15, -0.1) is 0 Å². The van der Waals surface area contributed by atoms with Crippen LogP contribution in [0.25, 0.3) is 0 Å². The van der Waals surface area contributed by atoms with E-state index in [9.17, 15) is 4.79 Å². The Hall–Kier alpha value is -1.39. The van der Waals surface area contributed by atoms with Gasteiger partial charge in [-0.05, 0) is 39.0 Å². The highest BCUT2D eigenvalue weighted by molar-refractivity contribution is 5.79. The molecule has 1 aromatic carbocycles. The van der Waals surface area contributed by atoms with Crippen LogP contribution in [0.3, 0.4) is 0 Å². The summed E-state index contributed by atoms with van der Waals surface area (Å²) in [5.74, 6) is 0.308. The van der Waals surface area contributed by atoms with Crippen LogP contribution in [0.15, 0.2) is 30.3 Å². The highest BCUT2D eigenvalue weighted by Gasteiger charge is 2.22. The predicted octanol–water partition coefficient (Wildman–Crippen LogP) is 1.41. The Morgan fingerprint density at radius 3 is 2.75 bits per heavy atom. The van der Waals surface area contributed by atoms with E-state index in [1.165, 1.54) is 5.56 Å². The number of carbonyl (C=O) groups excluding carboxylic acids is 1. The van der Waals surface area contributed by atoms with E-state index in [4.69, 9.17) is 0 Å². The SMILES string of the molecule is CN(C)C(CNC(=O)[C@H]1CCCNC1)c1ccccc1. The number of nitrogens with zero attached hydrogens (tertiary/aromatic N) is 1. The van der Waals surface area contributed by atoms with E-state index in [0.29, 0.717) is 6.54 Å². The van der Waals surface area contributed by atoms with Gasteiger partial charge in [0.15, 0.2) is 0 Å². The third kappa shape index (κ3) is 4.05. The predicted molar refractivity (Wildman–Crippen MR) is 81.5 cm³/mol. The summed E-state index contributed by atoms with van der Waals surface area (Å²) in [7, 11) is 4.10. The molecule has 0 aromatic heterocycles. The second kappa shape index (κ2) is 7.41. The molecule has 1 saturated heterocycles. The number of benzene rings is 1. The lowest BCUT2D eigenvalue weighted by molar-refractivity contribution is -0.125. The summed E-state index contributed by atoms with van der Waals surface area (Å²) in [6.07, 6.45) is 2.09. The minimum Gasteiger partial charge on any atom is -0.354 e. The summed E-state index contributed by atoms with van der Waals surface area (Å²) in [5.41, 5.74) is 1.24. The number of piperidine rings is 1. The van der Waals surface area contributed by atoms with Gasteiger partial charge in [-0.25, -0.2) is 0 Å². The lowest BCUT2D eigenvalue weighted by Crippen LogP contribution is -2.43. The van der Waals surface area contributed by atoms with Crippen molar-refractivity contribution in [3.8, 4) is 0 Å². The van der Waals surface area contributed by atoms with Gasteiger partial charge >= 0.3 is 0 Å². The lowest BCUT2D eigenvalue weighted by atomic mass is 9.98. The molecule has 2 atom stereocenters. The molecule has 0 radical (unpaired) electrons. The number of carbonyl (C=O) groups is 1. The van der Waals surface area contributed by atoms with Crippen molar-refractivity contribution in [3.63, 3.8) is 0 Å². The molecule has 110 valence electrons. The quantitative estimate of drug-likeness (QED) is 0.854. The standard InChI is InChI=1S/C16H25N3O/c1-19(2)15(13-7-4-3-5-8-13)12-18-16(20)14-9-6-10-17-11-14/h3-5,7-8,14-15,17H,6,9-12H2,1-2H3,(H,18,20)/t14-,15?/m0/s1. The van der Waals surface area contributed by atoms with Gasteiger partial charge in [-0.3, -0.25) is 4.79 Å². The minimum atomic E-state index is 0.127. The first kappa shape index (κ1) is 15.0. The maximum absolute atomic E-state index is 12.2. The maximum atomic E-state index is 12.2. The summed E-state index contributed by atoms with van der Waals surface area (Å²) in [6.45, 7) is 2.50. The fourth-order valence-corrected chi connectivity index (χ4v) is 2.69. The average molecular weight is 275 g/mol. The Bertz CT molecular complexity index is 413. The molecule has 2 N–H and O–H groups in total. The molecule has 0 aliphatic carbocycles. The van der Waals surface area contributed by atoms with E-state index in [-0.39, 0.29) is 17.9 Å². The summed E-state index contributed by atoms with van der Waals surface area (Å²) < 4.78 is 0. The fraction of sp³-hybridized carbons (Fsp3) is 0.562. The van der Waals surface area contributed by atoms with Gasteiger partial charge in [0, 0.05) is 13.1 Å². The molecule has 1 heterocycles. The Kier molecular flexibility index (Phi) is 5.56. The molecular weight excluding hydrogens is 250 g/mol. The monoisotopic (exact) mass is 275 g/mol. The molecule has 0 spiro atoms. The molecule has 1 aliphatic rings. The molecule has 1 unspecified atom stereocenters. The zero-order valence-corrected chi connectivity index (χ0v) is 12.4. The molecule has 0 bridgehead atoms. The largest absolute Gasteiger partial charge is 0.354 e. The van der Waals surface area contributed by atoms with E-state index in [2.05, 4.69) is 27.7 Å². The molecule has 1 aromatic rings. The van der Waals surface area contributed by atoms with Crippen molar-refractivity contribution in [1.29, 1.82) is 0 Å². The molecule has 20 heavy (non-hydrogen) atoms. The minimum absolute atomic E-state index is 0.127. The molecular formula is C16H25N3O. The van der Waals surface area contributed by atoms with Crippen molar-refractivity contribution in [2.45, 2.75) is 18.9 Å².